The summed E-state index contributed by atoms with van der Waals surface area (Å²) in [5.41, 5.74) is 2.96. The van der Waals surface area contributed by atoms with Crippen molar-refractivity contribution in [1.29, 1.82) is 0 Å². The lowest BCUT2D eigenvalue weighted by molar-refractivity contribution is -0.168. The van der Waals surface area contributed by atoms with Crippen molar-refractivity contribution in [2.75, 3.05) is 27.1 Å². The fourth-order valence-electron chi connectivity index (χ4n) is 7.03. The zero-order valence-corrected chi connectivity index (χ0v) is 22.9. The zero-order valence-electron chi connectivity index (χ0n) is 22.9. The second-order valence-corrected chi connectivity index (χ2v) is 10.5. The van der Waals surface area contributed by atoms with Gasteiger partial charge >= 0.3 is 0 Å². The lowest BCUT2D eigenvalue weighted by atomic mass is 9.73. The lowest BCUT2D eigenvalue weighted by Crippen LogP contribution is -2.68. The number of amides is 2. The number of aliphatic hydroxyl groups excluding tert-OH is 1. The van der Waals surface area contributed by atoms with E-state index < -0.39 is 30.8 Å². The highest BCUT2D eigenvalue weighted by Gasteiger charge is 2.58. The van der Waals surface area contributed by atoms with E-state index >= 15 is 0 Å². The predicted octanol–water partition coefficient (Wildman–Crippen LogP) is 2.58. The van der Waals surface area contributed by atoms with Gasteiger partial charge < -0.3 is 44.1 Å². The van der Waals surface area contributed by atoms with Gasteiger partial charge in [0.15, 0.2) is 23.0 Å². The maximum atomic E-state index is 14.3. The third-order valence-electron chi connectivity index (χ3n) is 8.52. The molecule has 2 aromatic carbocycles. The van der Waals surface area contributed by atoms with Gasteiger partial charge in [0.2, 0.25) is 24.4 Å². The van der Waals surface area contributed by atoms with Crippen molar-refractivity contribution < 1.29 is 43.9 Å². The summed E-state index contributed by atoms with van der Waals surface area (Å²) < 4.78 is 23.1. The minimum absolute atomic E-state index is 0.0101. The zero-order chi connectivity index (χ0) is 29.2. The lowest BCUT2D eigenvalue weighted by Gasteiger charge is -2.57. The van der Waals surface area contributed by atoms with Gasteiger partial charge in [-0.2, -0.15) is 0 Å². The fraction of sp³-hybridized carbons (Fsp3) is 0.400. The molecule has 2 bridgehead atoms. The Labute approximate surface area is 236 Å². The van der Waals surface area contributed by atoms with E-state index in [9.17, 15) is 24.9 Å². The van der Waals surface area contributed by atoms with Crippen LogP contribution in [0.1, 0.15) is 46.3 Å². The Kier molecular flexibility index (Phi) is 6.49. The van der Waals surface area contributed by atoms with E-state index in [4.69, 9.17) is 18.9 Å². The highest BCUT2D eigenvalue weighted by Crippen LogP contribution is 2.58. The van der Waals surface area contributed by atoms with Crippen molar-refractivity contribution >= 4 is 11.8 Å². The molecule has 0 spiro atoms. The number of nitrogens with zero attached hydrogens (tertiary/aromatic N) is 2. The summed E-state index contributed by atoms with van der Waals surface area (Å²) in [5.74, 6) is 0.132. The molecule has 216 valence electrons. The van der Waals surface area contributed by atoms with Gasteiger partial charge in [-0.15, -0.1) is 6.58 Å². The maximum Gasteiger partial charge on any atom is 0.246 e. The highest BCUT2D eigenvalue weighted by molar-refractivity contribution is 5.92. The second kappa shape index (κ2) is 9.91. The summed E-state index contributed by atoms with van der Waals surface area (Å²) in [6.45, 7) is 9.08. The second-order valence-electron chi connectivity index (χ2n) is 10.5. The summed E-state index contributed by atoms with van der Waals surface area (Å²) >= 11 is 0. The maximum absolute atomic E-state index is 14.3. The van der Waals surface area contributed by atoms with Crippen LogP contribution in [0.5, 0.6) is 34.5 Å². The molecule has 4 aliphatic rings. The van der Waals surface area contributed by atoms with Crippen molar-refractivity contribution in [1.82, 2.24) is 9.80 Å². The van der Waals surface area contributed by atoms with Crippen molar-refractivity contribution in [3.8, 4) is 34.5 Å². The number of phenolic OH excluding ortho intramolecular Hbond substituents is 2. The summed E-state index contributed by atoms with van der Waals surface area (Å²) in [4.78, 5) is 31.0. The standard InChI is InChI=1S/C30H32N2O9/c1-5-7-21(35)32-18-9-15-10-20(34)28(38-4)25(36)22(15)24(32)17-11-16-23(19(12-33)31(17)30(18)37)29-27(40-13-41-29)14(3)26(16)39-8-6-2/h5-6,10,17-19,24,33-34,36H,1-2,7-9,11-13H2,3-4H3/t17-,18-,19-,24-/m0/s1. The van der Waals surface area contributed by atoms with Gasteiger partial charge in [0, 0.05) is 35.1 Å². The Morgan fingerprint density at radius 2 is 1.90 bits per heavy atom. The molecule has 1 fully saturated rings. The number of phenols is 2. The van der Waals surface area contributed by atoms with E-state index in [1.807, 2.05) is 6.92 Å². The van der Waals surface area contributed by atoms with Crippen LogP contribution in [0.15, 0.2) is 31.4 Å². The van der Waals surface area contributed by atoms with Crippen LogP contribution in [0.3, 0.4) is 0 Å². The van der Waals surface area contributed by atoms with E-state index in [2.05, 4.69) is 13.2 Å². The molecule has 0 aromatic heterocycles. The Balaban J connectivity index is 1.62. The van der Waals surface area contributed by atoms with E-state index in [1.165, 1.54) is 24.2 Å². The molecule has 11 nitrogen and oxygen atoms in total. The van der Waals surface area contributed by atoms with Crippen molar-refractivity contribution in [2.45, 2.75) is 50.4 Å². The van der Waals surface area contributed by atoms with Crippen LogP contribution in [0.25, 0.3) is 0 Å². The van der Waals surface area contributed by atoms with Gasteiger partial charge in [-0.05, 0) is 25.0 Å². The average Bonchev–Trinajstić information content (AvgIpc) is 3.45. The number of piperazine rings is 1. The van der Waals surface area contributed by atoms with E-state index in [-0.39, 0.29) is 61.7 Å². The van der Waals surface area contributed by atoms with Gasteiger partial charge in [0.25, 0.3) is 0 Å². The molecule has 2 amide bonds. The van der Waals surface area contributed by atoms with Crippen LogP contribution >= 0.6 is 0 Å². The molecule has 41 heavy (non-hydrogen) atoms. The molecule has 1 saturated heterocycles. The minimum atomic E-state index is -0.925. The number of ether oxygens (including phenoxy) is 4. The molecule has 6 rings (SSSR count). The highest BCUT2D eigenvalue weighted by atomic mass is 16.7. The monoisotopic (exact) mass is 564 g/mol. The molecule has 4 heterocycles. The minimum Gasteiger partial charge on any atom is -0.504 e. The van der Waals surface area contributed by atoms with E-state index in [1.54, 1.807) is 11.0 Å². The number of hydrogen-bond donors (Lipinski definition) is 3. The third-order valence-corrected chi connectivity index (χ3v) is 8.52. The van der Waals surface area contributed by atoms with Crippen molar-refractivity contribution in [3.05, 3.63) is 59.2 Å². The van der Waals surface area contributed by atoms with Crippen LogP contribution in [-0.2, 0) is 22.4 Å². The Hall–Kier alpha value is -4.38. The molecular formula is C30H32N2O9. The number of methoxy groups -OCH3 is 1. The number of aromatic hydroxyl groups is 2. The number of hydrogen-bond acceptors (Lipinski definition) is 9. The molecule has 0 aliphatic carbocycles. The first-order valence-corrected chi connectivity index (χ1v) is 13.4. The van der Waals surface area contributed by atoms with E-state index in [0.29, 0.717) is 45.1 Å². The predicted molar refractivity (Wildman–Crippen MR) is 145 cm³/mol. The Bertz CT molecular complexity index is 1490. The van der Waals surface area contributed by atoms with Crippen LogP contribution in [0.2, 0.25) is 0 Å². The van der Waals surface area contributed by atoms with Crippen LogP contribution in [0.4, 0.5) is 0 Å². The number of fused-ring (bicyclic) bond motifs is 9. The smallest absolute Gasteiger partial charge is 0.246 e. The van der Waals surface area contributed by atoms with E-state index in [0.717, 1.165) is 0 Å². The summed E-state index contributed by atoms with van der Waals surface area (Å²) in [6.07, 6.45) is 3.37. The molecule has 4 aliphatic heterocycles. The van der Waals surface area contributed by atoms with Gasteiger partial charge in [-0.1, -0.05) is 18.7 Å². The molecule has 2 aromatic rings. The number of carbonyl (C=O) groups excluding carboxylic acids is 2. The van der Waals surface area contributed by atoms with Crippen LogP contribution in [0, 0.1) is 6.92 Å². The summed E-state index contributed by atoms with van der Waals surface area (Å²) in [6, 6.07) is -1.80. The van der Waals surface area contributed by atoms with Gasteiger partial charge in [-0.3, -0.25) is 9.59 Å². The quantitative estimate of drug-likeness (QED) is 0.433. The Morgan fingerprint density at radius 3 is 2.59 bits per heavy atom. The molecule has 3 N–H and O–H groups in total. The number of carbonyl (C=O) groups is 2. The van der Waals surface area contributed by atoms with Crippen LogP contribution < -0.4 is 18.9 Å². The largest absolute Gasteiger partial charge is 0.504 e. The molecular weight excluding hydrogens is 532 g/mol. The number of benzene rings is 2. The number of rotatable bonds is 7. The van der Waals surface area contributed by atoms with Crippen LogP contribution in [-0.4, -0.2) is 76.1 Å². The van der Waals surface area contributed by atoms with Gasteiger partial charge in [0.1, 0.15) is 18.4 Å². The first-order chi connectivity index (χ1) is 19.8. The topological polar surface area (TPSA) is 138 Å². The molecule has 0 unspecified atom stereocenters. The Morgan fingerprint density at radius 1 is 1.15 bits per heavy atom. The molecule has 4 atom stereocenters. The van der Waals surface area contributed by atoms with Crippen molar-refractivity contribution in [2.24, 2.45) is 0 Å². The fourth-order valence-corrected chi connectivity index (χ4v) is 7.03. The van der Waals surface area contributed by atoms with Crippen molar-refractivity contribution in [3.63, 3.8) is 0 Å². The first-order valence-electron chi connectivity index (χ1n) is 13.4. The first kappa shape index (κ1) is 26.8. The molecule has 11 heteroatoms. The van der Waals surface area contributed by atoms with Gasteiger partial charge in [-0.25, -0.2) is 0 Å². The normalized spacial score (nSPS) is 23.3. The average molecular weight is 565 g/mol. The number of aliphatic hydroxyl groups is 1. The molecule has 0 saturated carbocycles. The third kappa shape index (κ3) is 3.68. The summed E-state index contributed by atoms with van der Waals surface area (Å²) in [5, 5.41) is 32.8. The van der Waals surface area contributed by atoms with Gasteiger partial charge in [0.05, 0.1) is 31.8 Å². The summed E-state index contributed by atoms with van der Waals surface area (Å²) in [7, 11) is 1.33. The molecule has 0 radical (unpaired) electrons. The SMILES string of the molecule is C=CCOc1c(C)c2c(c3c1C[C@H]1[C@H]4c5c(cc(O)c(OC)c5O)C[C@@H](C(=O)N1[C@H]3CO)N4C(=O)CC=C)OCO2.